The second kappa shape index (κ2) is 8.57. The van der Waals surface area contributed by atoms with Crippen LogP contribution in [0, 0.1) is 4.77 Å². The van der Waals surface area contributed by atoms with Gasteiger partial charge in [0, 0.05) is 37.5 Å². The Balaban J connectivity index is 1.48. The summed E-state index contributed by atoms with van der Waals surface area (Å²) >= 11 is 5.40. The standard InChI is InChI=1S/C21H23N5O2S/c1-28-17-6-4-16(5-7-17)20-23-24-21(29)26(20)14-10-19(27)25-13-2-3-18(25)15-8-11-22-12-9-15/h4-9,11-12,18H,2-3,10,13-14H2,1H3,(H,24,29). The van der Waals surface area contributed by atoms with Gasteiger partial charge in [-0.15, -0.1) is 0 Å². The number of rotatable bonds is 6. The van der Waals surface area contributed by atoms with E-state index in [9.17, 15) is 4.79 Å². The molecule has 0 spiro atoms. The molecule has 7 nitrogen and oxygen atoms in total. The van der Waals surface area contributed by atoms with Crippen molar-refractivity contribution in [3.63, 3.8) is 0 Å². The molecular formula is C21H23N5O2S. The van der Waals surface area contributed by atoms with Gasteiger partial charge in [0.15, 0.2) is 10.6 Å². The summed E-state index contributed by atoms with van der Waals surface area (Å²) in [5, 5.41) is 7.20. The molecule has 0 saturated carbocycles. The number of methoxy groups -OCH3 is 1. The minimum absolute atomic E-state index is 0.129. The highest BCUT2D eigenvalue weighted by Crippen LogP contribution is 2.32. The van der Waals surface area contributed by atoms with Crippen molar-refractivity contribution in [1.82, 2.24) is 24.6 Å². The van der Waals surface area contributed by atoms with E-state index in [0.29, 0.717) is 17.7 Å². The molecule has 1 unspecified atom stereocenters. The Labute approximate surface area is 174 Å². The average molecular weight is 410 g/mol. The molecule has 1 aliphatic rings. The summed E-state index contributed by atoms with van der Waals surface area (Å²) in [6.07, 6.45) is 5.93. The Morgan fingerprint density at radius 2 is 2.00 bits per heavy atom. The van der Waals surface area contributed by atoms with Crippen LogP contribution in [0.15, 0.2) is 48.8 Å². The maximum Gasteiger partial charge on any atom is 0.224 e. The summed E-state index contributed by atoms with van der Waals surface area (Å²) in [5.41, 5.74) is 2.06. The van der Waals surface area contributed by atoms with E-state index in [2.05, 4.69) is 15.2 Å². The van der Waals surface area contributed by atoms with Crippen LogP contribution in [-0.2, 0) is 11.3 Å². The number of nitrogens with zero attached hydrogens (tertiary/aromatic N) is 4. The topological polar surface area (TPSA) is 76.0 Å². The first kappa shape index (κ1) is 19.3. The maximum atomic E-state index is 13.0. The van der Waals surface area contributed by atoms with E-state index >= 15 is 0 Å². The van der Waals surface area contributed by atoms with Gasteiger partial charge in [-0.05, 0) is 67.0 Å². The van der Waals surface area contributed by atoms with Gasteiger partial charge in [-0.1, -0.05) is 0 Å². The molecule has 1 fully saturated rings. The zero-order valence-corrected chi connectivity index (χ0v) is 17.1. The third-order valence-corrected chi connectivity index (χ3v) is 5.63. The molecule has 1 aliphatic heterocycles. The molecule has 1 aromatic carbocycles. The summed E-state index contributed by atoms with van der Waals surface area (Å²) in [5.74, 6) is 1.63. The highest BCUT2D eigenvalue weighted by molar-refractivity contribution is 7.71. The number of aromatic amines is 1. The number of carbonyl (C=O) groups is 1. The van der Waals surface area contributed by atoms with Gasteiger partial charge in [-0.2, -0.15) is 5.10 Å². The van der Waals surface area contributed by atoms with Crippen molar-refractivity contribution in [1.29, 1.82) is 0 Å². The van der Waals surface area contributed by atoms with Gasteiger partial charge in [0.2, 0.25) is 5.91 Å². The van der Waals surface area contributed by atoms with E-state index in [-0.39, 0.29) is 11.9 Å². The van der Waals surface area contributed by atoms with Crippen molar-refractivity contribution in [3.8, 4) is 17.1 Å². The molecule has 4 rings (SSSR count). The van der Waals surface area contributed by atoms with Crippen LogP contribution in [0.1, 0.15) is 30.9 Å². The van der Waals surface area contributed by atoms with Crippen LogP contribution < -0.4 is 4.74 Å². The van der Waals surface area contributed by atoms with Gasteiger partial charge in [0.1, 0.15) is 5.75 Å². The van der Waals surface area contributed by atoms with Gasteiger partial charge < -0.3 is 9.64 Å². The fourth-order valence-electron chi connectivity index (χ4n) is 3.83. The Morgan fingerprint density at radius 3 is 2.72 bits per heavy atom. The predicted molar refractivity (Wildman–Crippen MR) is 112 cm³/mol. The van der Waals surface area contributed by atoms with Crippen LogP contribution in [0.5, 0.6) is 5.75 Å². The number of likely N-dealkylation sites (tertiary alicyclic amines) is 1. The molecule has 2 aromatic heterocycles. The van der Waals surface area contributed by atoms with Crippen molar-refractivity contribution in [2.45, 2.75) is 31.8 Å². The third-order valence-electron chi connectivity index (χ3n) is 5.32. The Bertz CT molecular complexity index is 1030. The van der Waals surface area contributed by atoms with E-state index in [1.165, 1.54) is 0 Å². The molecule has 8 heteroatoms. The normalized spacial score (nSPS) is 16.2. The lowest BCUT2D eigenvalue weighted by atomic mass is 10.1. The second-order valence-corrected chi connectivity index (χ2v) is 7.39. The molecule has 3 heterocycles. The second-order valence-electron chi connectivity index (χ2n) is 7.01. The molecule has 150 valence electrons. The number of hydrogen-bond acceptors (Lipinski definition) is 5. The van der Waals surface area contributed by atoms with Crippen LogP contribution in [0.2, 0.25) is 0 Å². The Kier molecular flexibility index (Phi) is 5.71. The van der Waals surface area contributed by atoms with E-state index in [1.807, 2.05) is 45.9 Å². The molecule has 1 amide bonds. The Hall–Kier alpha value is -3.00. The van der Waals surface area contributed by atoms with Crippen molar-refractivity contribution < 1.29 is 9.53 Å². The lowest BCUT2D eigenvalue weighted by Gasteiger charge is -2.25. The predicted octanol–water partition coefficient (Wildman–Crippen LogP) is 3.77. The van der Waals surface area contributed by atoms with Crippen LogP contribution in [0.3, 0.4) is 0 Å². The van der Waals surface area contributed by atoms with E-state index in [0.717, 1.165) is 42.1 Å². The number of benzene rings is 1. The zero-order chi connectivity index (χ0) is 20.2. The summed E-state index contributed by atoms with van der Waals surface area (Å²) in [4.78, 5) is 19.0. The monoisotopic (exact) mass is 409 g/mol. The molecule has 3 aromatic rings. The van der Waals surface area contributed by atoms with E-state index in [1.54, 1.807) is 19.5 Å². The summed E-state index contributed by atoms with van der Waals surface area (Å²) < 4.78 is 7.60. The first-order chi connectivity index (χ1) is 14.2. The van der Waals surface area contributed by atoms with E-state index < -0.39 is 0 Å². The maximum absolute atomic E-state index is 13.0. The number of pyridine rings is 1. The van der Waals surface area contributed by atoms with Crippen molar-refractivity contribution >= 4 is 18.1 Å². The van der Waals surface area contributed by atoms with Crippen molar-refractivity contribution in [2.75, 3.05) is 13.7 Å². The quantitative estimate of drug-likeness (QED) is 0.627. The lowest BCUT2D eigenvalue weighted by molar-refractivity contribution is -0.132. The number of ether oxygens (including phenoxy) is 1. The number of hydrogen-bond donors (Lipinski definition) is 1. The van der Waals surface area contributed by atoms with Crippen LogP contribution in [-0.4, -0.2) is 44.2 Å². The first-order valence-corrected chi connectivity index (χ1v) is 10.1. The van der Waals surface area contributed by atoms with E-state index in [4.69, 9.17) is 17.0 Å². The number of aromatic nitrogens is 4. The highest BCUT2D eigenvalue weighted by Gasteiger charge is 2.29. The molecule has 1 atom stereocenters. The summed E-state index contributed by atoms with van der Waals surface area (Å²) in [6, 6.07) is 11.7. The molecule has 1 saturated heterocycles. The number of H-pyrrole nitrogens is 1. The molecule has 29 heavy (non-hydrogen) atoms. The zero-order valence-electron chi connectivity index (χ0n) is 16.2. The third kappa shape index (κ3) is 4.07. The Morgan fingerprint density at radius 1 is 1.24 bits per heavy atom. The first-order valence-electron chi connectivity index (χ1n) is 9.66. The minimum atomic E-state index is 0.129. The fourth-order valence-corrected chi connectivity index (χ4v) is 4.06. The van der Waals surface area contributed by atoms with Gasteiger partial charge in [0.25, 0.3) is 0 Å². The molecule has 1 N–H and O–H groups in total. The van der Waals surface area contributed by atoms with Gasteiger partial charge in [0.05, 0.1) is 13.2 Å². The number of nitrogens with one attached hydrogen (secondary N) is 1. The molecule has 0 aliphatic carbocycles. The fraction of sp³-hybridized carbons (Fsp3) is 0.333. The van der Waals surface area contributed by atoms with Crippen LogP contribution in [0.4, 0.5) is 0 Å². The molecular weight excluding hydrogens is 386 g/mol. The average Bonchev–Trinajstić information content (AvgIpc) is 3.40. The number of carbonyl (C=O) groups excluding carboxylic acids is 1. The SMILES string of the molecule is COc1ccc(-c2n[nH]c(=S)n2CCC(=O)N2CCCC2c2ccncc2)cc1. The van der Waals surface area contributed by atoms with Crippen molar-refractivity contribution in [3.05, 3.63) is 59.1 Å². The minimum Gasteiger partial charge on any atom is -0.497 e. The number of amides is 1. The van der Waals surface area contributed by atoms with Gasteiger partial charge in [-0.3, -0.25) is 19.4 Å². The summed E-state index contributed by atoms with van der Waals surface area (Å²) in [7, 11) is 1.63. The van der Waals surface area contributed by atoms with Gasteiger partial charge in [-0.25, -0.2) is 0 Å². The highest BCUT2D eigenvalue weighted by atomic mass is 32.1. The van der Waals surface area contributed by atoms with Crippen molar-refractivity contribution in [2.24, 2.45) is 0 Å². The van der Waals surface area contributed by atoms with Crippen LogP contribution >= 0.6 is 12.2 Å². The molecule has 0 radical (unpaired) electrons. The summed E-state index contributed by atoms with van der Waals surface area (Å²) in [6.45, 7) is 1.27. The largest absolute Gasteiger partial charge is 0.497 e. The molecule has 0 bridgehead atoms. The smallest absolute Gasteiger partial charge is 0.224 e. The lowest BCUT2D eigenvalue weighted by Crippen LogP contribution is -2.31. The van der Waals surface area contributed by atoms with Crippen LogP contribution in [0.25, 0.3) is 11.4 Å². The van der Waals surface area contributed by atoms with Gasteiger partial charge >= 0.3 is 0 Å².